The Labute approximate surface area is 143 Å². The highest BCUT2D eigenvalue weighted by molar-refractivity contribution is 7.09. The van der Waals surface area contributed by atoms with Gasteiger partial charge in [-0.25, -0.2) is 9.78 Å². The lowest BCUT2D eigenvalue weighted by atomic mass is 10.0. The Kier molecular flexibility index (Phi) is 5.22. The van der Waals surface area contributed by atoms with Gasteiger partial charge >= 0.3 is 5.97 Å². The van der Waals surface area contributed by atoms with Crippen molar-refractivity contribution in [2.45, 2.75) is 25.4 Å². The maximum atomic E-state index is 12.2. The average Bonchev–Trinajstić information content (AvgIpc) is 3.26. The SMILES string of the molecule is O=C(NCCc1ccccc1C(=O)O)c1csc(C2CCCO2)n1. The van der Waals surface area contributed by atoms with E-state index in [0.29, 0.717) is 24.2 Å². The van der Waals surface area contributed by atoms with E-state index in [9.17, 15) is 9.59 Å². The molecule has 0 aliphatic carbocycles. The molecule has 1 fully saturated rings. The zero-order chi connectivity index (χ0) is 16.9. The number of carboxylic acids is 1. The van der Waals surface area contributed by atoms with Crippen LogP contribution in [0.3, 0.4) is 0 Å². The molecular weight excluding hydrogens is 328 g/mol. The smallest absolute Gasteiger partial charge is 0.335 e. The summed E-state index contributed by atoms with van der Waals surface area (Å²) in [5.74, 6) is -1.21. The highest BCUT2D eigenvalue weighted by Crippen LogP contribution is 2.30. The third-order valence-corrected chi connectivity index (χ3v) is 4.82. The van der Waals surface area contributed by atoms with E-state index in [0.717, 1.165) is 24.5 Å². The van der Waals surface area contributed by atoms with Crippen molar-refractivity contribution in [3.05, 3.63) is 51.5 Å². The summed E-state index contributed by atoms with van der Waals surface area (Å²) in [5.41, 5.74) is 1.35. The zero-order valence-corrected chi connectivity index (χ0v) is 13.8. The summed E-state index contributed by atoms with van der Waals surface area (Å²) in [6.45, 7) is 1.10. The summed E-state index contributed by atoms with van der Waals surface area (Å²) in [4.78, 5) is 27.7. The first-order valence-electron chi connectivity index (χ1n) is 7.81. The average molecular weight is 346 g/mol. The molecule has 3 rings (SSSR count). The summed E-state index contributed by atoms with van der Waals surface area (Å²) in [6.07, 6.45) is 2.44. The molecule has 0 bridgehead atoms. The summed E-state index contributed by atoms with van der Waals surface area (Å²) in [7, 11) is 0. The van der Waals surface area contributed by atoms with Crippen molar-refractivity contribution < 1.29 is 19.4 Å². The number of rotatable bonds is 6. The highest BCUT2D eigenvalue weighted by atomic mass is 32.1. The van der Waals surface area contributed by atoms with E-state index in [4.69, 9.17) is 9.84 Å². The van der Waals surface area contributed by atoms with Gasteiger partial charge in [0.25, 0.3) is 5.91 Å². The normalized spacial score (nSPS) is 16.9. The van der Waals surface area contributed by atoms with E-state index in [1.807, 2.05) is 0 Å². The molecule has 0 spiro atoms. The number of nitrogens with zero attached hydrogens (tertiary/aromatic N) is 1. The molecule has 1 aliphatic rings. The number of amides is 1. The van der Waals surface area contributed by atoms with Crippen LogP contribution in [0, 0.1) is 0 Å². The van der Waals surface area contributed by atoms with Crippen LogP contribution < -0.4 is 5.32 Å². The molecule has 2 aromatic rings. The molecule has 2 heterocycles. The number of hydrogen-bond acceptors (Lipinski definition) is 5. The van der Waals surface area contributed by atoms with Gasteiger partial charge in [-0.2, -0.15) is 0 Å². The summed E-state index contributed by atoms with van der Waals surface area (Å²) < 4.78 is 5.57. The number of nitrogens with one attached hydrogen (secondary N) is 1. The van der Waals surface area contributed by atoms with Gasteiger partial charge in [-0.3, -0.25) is 4.79 Å². The molecule has 7 heteroatoms. The van der Waals surface area contributed by atoms with Crippen molar-refractivity contribution in [2.24, 2.45) is 0 Å². The first-order chi connectivity index (χ1) is 11.6. The molecule has 2 N–H and O–H groups in total. The van der Waals surface area contributed by atoms with Gasteiger partial charge in [0, 0.05) is 18.5 Å². The second-order valence-electron chi connectivity index (χ2n) is 5.54. The van der Waals surface area contributed by atoms with E-state index in [-0.39, 0.29) is 17.6 Å². The maximum Gasteiger partial charge on any atom is 0.335 e. The fourth-order valence-electron chi connectivity index (χ4n) is 2.66. The molecule has 1 saturated heterocycles. The van der Waals surface area contributed by atoms with Crippen molar-refractivity contribution in [2.75, 3.05) is 13.2 Å². The van der Waals surface area contributed by atoms with Crippen LogP contribution in [0.4, 0.5) is 0 Å². The maximum absolute atomic E-state index is 12.2. The molecule has 1 aromatic carbocycles. The molecule has 6 nitrogen and oxygen atoms in total. The van der Waals surface area contributed by atoms with E-state index in [2.05, 4.69) is 10.3 Å². The number of aromatic carboxylic acids is 1. The summed E-state index contributed by atoms with van der Waals surface area (Å²) in [6, 6.07) is 6.80. The number of thiazole rings is 1. The summed E-state index contributed by atoms with van der Waals surface area (Å²) in [5, 5.41) is 14.5. The van der Waals surface area contributed by atoms with Gasteiger partial charge in [0.15, 0.2) is 0 Å². The molecule has 1 amide bonds. The number of ether oxygens (including phenoxy) is 1. The Morgan fingerprint density at radius 3 is 2.96 bits per heavy atom. The van der Waals surface area contributed by atoms with E-state index in [1.54, 1.807) is 29.6 Å². The summed E-state index contributed by atoms with van der Waals surface area (Å²) >= 11 is 1.44. The van der Waals surface area contributed by atoms with Gasteiger partial charge < -0.3 is 15.2 Å². The first kappa shape index (κ1) is 16.6. The molecule has 1 aliphatic heterocycles. The minimum absolute atomic E-state index is 0.0130. The minimum Gasteiger partial charge on any atom is -0.478 e. The van der Waals surface area contributed by atoms with Crippen molar-refractivity contribution >= 4 is 23.2 Å². The second-order valence-corrected chi connectivity index (χ2v) is 6.43. The van der Waals surface area contributed by atoms with Gasteiger partial charge in [-0.1, -0.05) is 18.2 Å². The van der Waals surface area contributed by atoms with E-state index in [1.165, 1.54) is 11.3 Å². The fraction of sp³-hybridized carbons (Fsp3) is 0.353. The van der Waals surface area contributed by atoms with Crippen LogP contribution in [0.15, 0.2) is 29.6 Å². The predicted molar refractivity (Wildman–Crippen MR) is 89.5 cm³/mol. The Hall–Kier alpha value is -2.25. The van der Waals surface area contributed by atoms with Gasteiger partial charge in [0.1, 0.15) is 16.8 Å². The van der Waals surface area contributed by atoms with Crippen LogP contribution in [0.2, 0.25) is 0 Å². The largest absolute Gasteiger partial charge is 0.478 e. The Balaban J connectivity index is 1.55. The lowest BCUT2D eigenvalue weighted by Gasteiger charge is -2.07. The van der Waals surface area contributed by atoms with Crippen LogP contribution in [0.5, 0.6) is 0 Å². The quantitative estimate of drug-likeness (QED) is 0.839. The number of carboxylic acid groups (broad SMARTS) is 1. The zero-order valence-electron chi connectivity index (χ0n) is 13.0. The van der Waals surface area contributed by atoms with Gasteiger partial charge in [0.05, 0.1) is 5.56 Å². The molecule has 1 unspecified atom stereocenters. The third-order valence-electron chi connectivity index (χ3n) is 3.89. The lowest BCUT2D eigenvalue weighted by Crippen LogP contribution is -2.26. The Morgan fingerprint density at radius 2 is 2.21 bits per heavy atom. The van der Waals surface area contributed by atoms with Crippen molar-refractivity contribution in [3.63, 3.8) is 0 Å². The highest BCUT2D eigenvalue weighted by Gasteiger charge is 2.22. The van der Waals surface area contributed by atoms with Crippen molar-refractivity contribution in [1.29, 1.82) is 0 Å². The van der Waals surface area contributed by atoms with Gasteiger partial charge in [-0.05, 0) is 30.9 Å². The van der Waals surface area contributed by atoms with Gasteiger partial charge in [-0.15, -0.1) is 11.3 Å². The van der Waals surface area contributed by atoms with Crippen LogP contribution >= 0.6 is 11.3 Å². The van der Waals surface area contributed by atoms with Crippen LogP contribution in [-0.2, 0) is 11.2 Å². The number of benzene rings is 1. The molecule has 1 atom stereocenters. The fourth-order valence-corrected chi connectivity index (χ4v) is 3.54. The molecule has 1 aromatic heterocycles. The van der Waals surface area contributed by atoms with E-state index >= 15 is 0 Å². The Bertz CT molecular complexity index is 738. The molecular formula is C17H18N2O4S. The monoisotopic (exact) mass is 346 g/mol. The van der Waals surface area contributed by atoms with Gasteiger partial charge in [0.2, 0.25) is 0 Å². The second kappa shape index (κ2) is 7.55. The van der Waals surface area contributed by atoms with Crippen LogP contribution in [-0.4, -0.2) is 35.1 Å². The van der Waals surface area contributed by atoms with E-state index < -0.39 is 5.97 Å². The lowest BCUT2D eigenvalue weighted by molar-refractivity contribution is 0.0695. The number of carbonyl (C=O) groups is 2. The molecule has 126 valence electrons. The Morgan fingerprint density at radius 1 is 1.38 bits per heavy atom. The third kappa shape index (κ3) is 3.80. The topological polar surface area (TPSA) is 88.5 Å². The molecule has 0 saturated carbocycles. The number of hydrogen-bond donors (Lipinski definition) is 2. The van der Waals surface area contributed by atoms with Crippen LogP contribution in [0.25, 0.3) is 0 Å². The van der Waals surface area contributed by atoms with Crippen molar-refractivity contribution in [3.8, 4) is 0 Å². The minimum atomic E-state index is -0.961. The molecule has 24 heavy (non-hydrogen) atoms. The number of carbonyl (C=O) groups excluding carboxylic acids is 1. The number of aromatic nitrogens is 1. The predicted octanol–water partition coefficient (Wildman–Crippen LogP) is 2.67. The standard InChI is InChI=1S/C17H18N2O4S/c20-15(13-10-24-16(19-13)14-6-3-9-23-14)18-8-7-11-4-1-2-5-12(11)17(21)22/h1-2,4-5,10,14H,3,6-9H2,(H,18,20)(H,21,22). The van der Waals surface area contributed by atoms with Crippen molar-refractivity contribution in [1.82, 2.24) is 10.3 Å². The van der Waals surface area contributed by atoms with Crippen LogP contribution in [0.1, 0.15) is 50.4 Å². The molecule has 0 radical (unpaired) electrons. The first-order valence-corrected chi connectivity index (χ1v) is 8.69.